The molecule has 8 heteroatoms. The standard InChI is InChI=1S/C25H33N7O/c1-16-8-9-19(24(33)28-20-6-4-3-5-7-20)15-32(16)23-13-21(29-25(26-2)30-23)17-10-11-18-14-27-31-22(18)12-17/h10-14,16,19-20H,3-9,15H2,1-2H3,(H,27,31)(H,28,33)(H,26,29,30). The minimum Gasteiger partial charge on any atom is -0.357 e. The van der Waals surface area contributed by atoms with E-state index in [-0.39, 0.29) is 11.8 Å². The van der Waals surface area contributed by atoms with Crippen molar-refractivity contribution in [3.63, 3.8) is 0 Å². The Balaban J connectivity index is 1.39. The highest BCUT2D eigenvalue weighted by molar-refractivity contribution is 5.84. The molecular formula is C25H33N7O. The highest BCUT2D eigenvalue weighted by Gasteiger charge is 2.32. The minimum absolute atomic E-state index is 0.0130. The van der Waals surface area contributed by atoms with Crippen LogP contribution in [-0.2, 0) is 4.79 Å². The number of rotatable bonds is 5. The highest BCUT2D eigenvalue weighted by atomic mass is 16.2. The third-order valence-corrected chi connectivity index (χ3v) is 7.17. The number of hydrogen-bond donors (Lipinski definition) is 3. The van der Waals surface area contributed by atoms with E-state index in [1.807, 2.05) is 25.4 Å². The zero-order chi connectivity index (χ0) is 22.8. The summed E-state index contributed by atoms with van der Waals surface area (Å²) in [6.07, 6.45) is 9.66. The molecule has 2 aromatic heterocycles. The fourth-order valence-corrected chi connectivity index (χ4v) is 5.14. The first-order chi connectivity index (χ1) is 16.1. The number of fused-ring (bicyclic) bond motifs is 1. The lowest BCUT2D eigenvalue weighted by molar-refractivity contribution is -0.126. The van der Waals surface area contributed by atoms with Crippen molar-refractivity contribution >= 4 is 28.6 Å². The zero-order valence-corrected chi connectivity index (χ0v) is 19.5. The van der Waals surface area contributed by atoms with Crippen molar-refractivity contribution in [1.29, 1.82) is 0 Å². The van der Waals surface area contributed by atoms with E-state index in [9.17, 15) is 4.79 Å². The molecule has 2 fully saturated rings. The number of anilines is 2. The Bertz CT molecular complexity index is 1120. The van der Waals surface area contributed by atoms with Gasteiger partial charge in [0.05, 0.1) is 23.3 Å². The number of benzene rings is 1. The van der Waals surface area contributed by atoms with Crippen LogP contribution >= 0.6 is 0 Å². The highest BCUT2D eigenvalue weighted by Crippen LogP contribution is 2.31. The molecule has 2 aliphatic rings. The normalized spacial score (nSPS) is 21.8. The Labute approximate surface area is 194 Å². The molecule has 2 unspecified atom stereocenters. The van der Waals surface area contributed by atoms with E-state index in [4.69, 9.17) is 9.97 Å². The summed E-state index contributed by atoms with van der Waals surface area (Å²) >= 11 is 0. The summed E-state index contributed by atoms with van der Waals surface area (Å²) in [7, 11) is 1.83. The lowest BCUT2D eigenvalue weighted by Crippen LogP contribution is -2.49. The SMILES string of the molecule is CNc1nc(-c2ccc3cn[nH]c3c2)cc(N2CC(C(=O)NC3CCCCC3)CCC2C)n1. The van der Waals surface area contributed by atoms with Gasteiger partial charge in [0.15, 0.2) is 0 Å². The van der Waals surface area contributed by atoms with Crippen molar-refractivity contribution in [1.82, 2.24) is 25.5 Å². The molecule has 1 saturated heterocycles. The fourth-order valence-electron chi connectivity index (χ4n) is 5.14. The molecule has 1 amide bonds. The van der Waals surface area contributed by atoms with Gasteiger partial charge in [-0.25, -0.2) is 4.98 Å². The van der Waals surface area contributed by atoms with Gasteiger partial charge in [-0.05, 0) is 38.7 Å². The van der Waals surface area contributed by atoms with Crippen LogP contribution in [0.15, 0.2) is 30.5 Å². The van der Waals surface area contributed by atoms with Gasteiger partial charge in [0, 0.05) is 42.7 Å². The number of aromatic nitrogens is 4. The van der Waals surface area contributed by atoms with E-state index < -0.39 is 0 Å². The summed E-state index contributed by atoms with van der Waals surface area (Å²) < 4.78 is 0. The van der Waals surface area contributed by atoms with Gasteiger partial charge >= 0.3 is 0 Å². The summed E-state index contributed by atoms with van der Waals surface area (Å²) in [5.74, 6) is 1.62. The smallest absolute Gasteiger partial charge is 0.225 e. The molecule has 3 aromatic rings. The van der Waals surface area contributed by atoms with Crippen LogP contribution in [0.2, 0.25) is 0 Å². The van der Waals surface area contributed by atoms with Crippen LogP contribution in [0.4, 0.5) is 11.8 Å². The monoisotopic (exact) mass is 447 g/mol. The van der Waals surface area contributed by atoms with Crippen LogP contribution in [0.3, 0.4) is 0 Å². The van der Waals surface area contributed by atoms with Gasteiger partial charge in [0.25, 0.3) is 0 Å². The predicted octanol–water partition coefficient (Wildman–Crippen LogP) is 4.12. The van der Waals surface area contributed by atoms with Crippen molar-refractivity contribution in [2.45, 2.75) is 64.0 Å². The van der Waals surface area contributed by atoms with Crippen molar-refractivity contribution < 1.29 is 4.79 Å². The predicted molar refractivity (Wildman–Crippen MR) is 131 cm³/mol. The van der Waals surface area contributed by atoms with Crippen LogP contribution in [0.1, 0.15) is 51.9 Å². The second kappa shape index (κ2) is 9.37. The van der Waals surface area contributed by atoms with Crippen molar-refractivity contribution in [3.8, 4) is 11.3 Å². The Morgan fingerprint density at radius 3 is 2.76 bits per heavy atom. The average Bonchev–Trinajstić information content (AvgIpc) is 3.32. The maximum atomic E-state index is 13.1. The maximum absolute atomic E-state index is 13.1. The Morgan fingerprint density at radius 1 is 1.09 bits per heavy atom. The molecule has 2 atom stereocenters. The van der Waals surface area contributed by atoms with Gasteiger partial charge in [0.2, 0.25) is 11.9 Å². The van der Waals surface area contributed by atoms with Crippen LogP contribution in [0, 0.1) is 5.92 Å². The zero-order valence-electron chi connectivity index (χ0n) is 19.5. The van der Waals surface area contributed by atoms with Gasteiger partial charge in [0.1, 0.15) is 5.82 Å². The first-order valence-corrected chi connectivity index (χ1v) is 12.2. The first kappa shape index (κ1) is 21.7. The topological polar surface area (TPSA) is 98.8 Å². The number of piperidine rings is 1. The molecule has 33 heavy (non-hydrogen) atoms. The second-order valence-corrected chi connectivity index (χ2v) is 9.48. The van der Waals surface area contributed by atoms with Crippen molar-refractivity contribution in [3.05, 3.63) is 30.5 Å². The molecule has 3 heterocycles. The summed E-state index contributed by atoms with van der Waals surface area (Å²) in [4.78, 5) is 24.8. The Hall–Kier alpha value is -3.16. The summed E-state index contributed by atoms with van der Waals surface area (Å²) in [5.41, 5.74) is 2.83. The van der Waals surface area contributed by atoms with Crippen LogP contribution in [0.25, 0.3) is 22.2 Å². The summed E-state index contributed by atoms with van der Waals surface area (Å²) in [6.45, 7) is 2.89. The average molecular weight is 448 g/mol. The number of amides is 1. The molecule has 1 aliphatic carbocycles. The van der Waals surface area contributed by atoms with Gasteiger partial charge in [-0.3, -0.25) is 9.89 Å². The number of carbonyl (C=O) groups excluding carboxylic acids is 1. The van der Waals surface area contributed by atoms with Gasteiger partial charge < -0.3 is 15.5 Å². The van der Waals surface area contributed by atoms with Gasteiger partial charge in [-0.2, -0.15) is 10.1 Å². The number of nitrogens with zero attached hydrogens (tertiary/aromatic N) is 4. The van der Waals surface area contributed by atoms with E-state index >= 15 is 0 Å². The number of carbonyl (C=O) groups is 1. The van der Waals surface area contributed by atoms with Crippen LogP contribution in [0.5, 0.6) is 0 Å². The van der Waals surface area contributed by atoms with E-state index in [2.05, 4.69) is 44.8 Å². The second-order valence-electron chi connectivity index (χ2n) is 9.48. The number of aromatic amines is 1. The molecule has 5 rings (SSSR count). The lowest BCUT2D eigenvalue weighted by Gasteiger charge is -2.39. The number of H-pyrrole nitrogens is 1. The van der Waals surface area contributed by atoms with E-state index in [0.717, 1.165) is 53.7 Å². The van der Waals surface area contributed by atoms with Gasteiger partial charge in [-0.15, -0.1) is 0 Å². The summed E-state index contributed by atoms with van der Waals surface area (Å²) in [6, 6.07) is 8.86. The van der Waals surface area contributed by atoms with Crippen molar-refractivity contribution in [2.75, 3.05) is 23.8 Å². The van der Waals surface area contributed by atoms with E-state index in [0.29, 0.717) is 24.6 Å². The van der Waals surface area contributed by atoms with Gasteiger partial charge in [-0.1, -0.05) is 31.4 Å². The molecular weight excluding hydrogens is 414 g/mol. The molecule has 8 nitrogen and oxygen atoms in total. The molecule has 174 valence electrons. The Morgan fingerprint density at radius 2 is 1.94 bits per heavy atom. The molecule has 1 aromatic carbocycles. The molecule has 0 bridgehead atoms. The largest absolute Gasteiger partial charge is 0.357 e. The number of hydrogen-bond acceptors (Lipinski definition) is 6. The van der Waals surface area contributed by atoms with E-state index in [1.54, 1.807) is 0 Å². The molecule has 0 radical (unpaired) electrons. The van der Waals surface area contributed by atoms with E-state index in [1.165, 1.54) is 19.3 Å². The van der Waals surface area contributed by atoms with Crippen LogP contribution < -0.4 is 15.5 Å². The minimum atomic E-state index is -0.0130. The maximum Gasteiger partial charge on any atom is 0.225 e. The fraction of sp³-hybridized carbons (Fsp3) is 0.520. The third kappa shape index (κ3) is 4.65. The molecule has 1 saturated carbocycles. The summed E-state index contributed by atoms with van der Waals surface area (Å²) in [5, 5.41) is 14.7. The van der Waals surface area contributed by atoms with Crippen LogP contribution in [-0.4, -0.2) is 51.7 Å². The van der Waals surface area contributed by atoms with Crippen molar-refractivity contribution in [2.24, 2.45) is 5.92 Å². The molecule has 0 spiro atoms. The molecule has 3 N–H and O–H groups in total. The Kier molecular flexibility index (Phi) is 6.15. The third-order valence-electron chi connectivity index (χ3n) is 7.17. The quantitative estimate of drug-likeness (QED) is 0.544. The first-order valence-electron chi connectivity index (χ1n) is 12.2. The molecule has 1 aliphatic heterocycles. The lowest BCUT2D eigenvalue weighted by atomic mass is 9.90. The number of nitrogens with one attached hydrogen (secondary N) is 3.